The molecule has 3 aromatic rings. The Morgan fingerprint density at radius 1 is 1.28 bits per heavy atom. The van der Waals surface area contributed by atoms with Crippen molar-refractivity contribution in [1.82, 2.24) is 25.1 Å². The van der Waals surface area contributed by atoms with E-state index in [9.17, 15) is 4.79 Å². The average Bonchev–Trinajstić information content (AvgIpc) is 3.41. The Balaban J connectivity index is 1.37. The van der Waals surface area contributed by atoms with Crippen molar-refractivity contribution in [2.75, 3.05) is 18.4 Å². The number of rotatable bonds is 5. The minimum atomic E-state index is 0.139. The van der Waals surface area contributed by atoms with E-state index in [1.165, 1.54) is 4.88 Å². The van der Waals surface area contributed by atoms with Crippen molar-refractivity contribution in [1.29, 1.82) is 0 Å². The fourth-order valence-corrected chi connectivity index (χ4v) is 4.01. The minimum absolute atomic E-state index is 0.139. The zero-order valence-corrected chi connectivity index (χ0v) is 14.4. The highest BCUT2D eigenvalue weighted by atomic mass is 32.1. The fraction of sp³-hybridized carbons (Fsp3) is 0.294. The van der Waals surface area contributed by atoms with Crippen molar-refractivity contribution >= 4 is 22.9 Å². The molecule has 3 heterocycles. The summed E-state index contributed by atoms with van der Waals surface area (Å²) in [6, 6.07) is 12.1. The lowest BCUT2D eigenvalue weighted by Gasteiger charge is -2.24. The zero-order valence-electron chi connectivity index (χ0n) is 13.6. The molecule has 8 heteroatoms. The van der Waals surface area contributed by atoms with Gasteiger partial charge in [0.1, 0.15) is 6.33 Å². The highest BCUT2D eigenvalue weighted by molar-refractivity contribution is 7.10. The molecule has 0 radical (unpaired) electrons. The lowest BCUT2D eigenvalue weighted by molar-refractivity contribution is -0.130. The van der Waals surface area contributed by atoms with Gasteiger partial charge in [0, 0.05) is 17.1 Å². The van der Waals surface area contributed by atoms with Gasteiger partial charge in [-0.3, -0.25) is 4.79 Å². The van der Waals surface area contributed by atoms with Gasteiger partial charge >= 0.3 is 0 Å². The average molecular weight is 354 g/mol. The molecule has 4 rings (SSSR count). The van der Waals surface area contributed by atoms with Gasteiger partial charge in [0.15, 0.2) is 0 Å². The minimum Gasteiger partial charge on any atom is -0.376 e. The molecular formula is C17H18N6OS. The van der Waals surface area contributed by atoms with Gasteiger partial charge in [0.2, 0.25) is 5.91 Å². The second kappa shape index (κ2) is 7.02. The van der Waals surface area contributed by atoms with Crippen molar-refractivity contribution in [2.45, 2.75) is 18.9 Å². The van der Waals surface area contributed by atoms with E-state index in [0.717, 1.165) is 30.8 Å². The third-order valence-electron chi connectivity index (χ3n) is 4.37. The van der Waals surface area contributed by atoms with Crippen molar-refractivity contribution in [3.63, 3.8) is 0 Å². The van der Waals surface area contributed by atoms with Gasteiger partial charge in [0.05, 0.1) is 18.3 Å². The Hall–Kier alpha value is -2.74. The van der Waals surface area contributed by atoms with Crippen LogP contribution in [0.15, 0.2) is 48.1 Å². The van der Waals surface area contributed by atoms with E-state index in [1.807, 2.05) is 35.2 Å². The SMILES string of the molecule is O=C(CNc1ccc(-n2cnnn2)cc1)N1CCC[C@H]1c1cccs1. The van der Waals surface area contributed by atoms with E-state index in [2.05, 4.69) is 32.3 Å². The molecule has 7 nitrogen and oxygen atoms in total. The molecular weight excluding hydrogens is 336 g/mol. The third-order valence-corrected chi connectivity index (χ3v) is 5.34. The number of nitrogens with one attached hydrogen (secondary N) is 1. The summed E-state index contributed by atoms with van der Waals surface area (Å²) in [4.78, 5) is 15.9. The fourth-order valence-electron chi connectivity index (χ4n) is 3.13. The summed E-state index contributed by atoms with van der Waals surface area (Å²) in [5.74, 6) is 0.139. The molecule has 0 unspecified atom stereocenters. The molecule has 2 aromatic heterocycles. The number of amides is 1. The van der Waals surface area contributed by atoms with Crippen molar-refractivity contribution in [3.05, 3.63) is 53.0 Å². The number of hydrogen-bond acceptors (Lipinski definition) is 6. The smallest absolute Gasteiger partial charge is 0.242 e. The molecule has 1 N–H and O–H groups in total. The van der Waals surface area contributed by atoms with Crippen LogP contribution in [0.3, 0.4) is 0 Å². The molecule has 128 valence electrons. The number of tetrazole rings is 1. The van der Waals surface area contributed by atoms with Crippen molar-refractivity contribution in [2.24, 2.45) is 0 Å². The van der Waals surface area contributed by atoms with Crippen LogP contribution in [0.2, 0.25) is 0 Å². The number of aromatic nitrogens is 4. The monoisotopic (exact) mass is 354 g/mol. The van der Waals surface area contributed by atoms with Crippen LogP contribution in [0.5, 0.6) is 0 Å². The molecule has 1 saturated heterocycles. The molecule has 0 spiro atoms. The normalized spacial score (nSPS) is 17.0. The summed E-state index contributed by atoms with van der Waals surface area (Å²) in [6.07, 6.45) is 3.66. The number of thiophene rings is 1. The first kappa shape index (κ1) is 15.8. The van der Waals surface area contributed by atoms with Gasteiger partial charge in [-0.1, -0.05) is 6.07 Å². The van der Waals surface area contributed by atoms with E-state index >= 15 is 0 Å². The van der Waals surface area contributed by atoms with Crippen LogP contribution >= 0.6 is 11.3 Å². The second-order valence-corrected chi connectivity index (χ2v) is 6.89. The van der Waals surface area contributed by atoms with Crippen LogP contribution in [0, 0.1) is 0 Å². The predicted molar refractivity (Wildman–Crippen MR) is 95.7 cm³/mol. The highest BCUT2D eigenvalue weighted by Gasteiger charge is 2.30. The number of carbonyl (C=O) groups excluding carboxylic acids is 1. The van der Waals surface area contributed by atoms with Gasteiger partial charge in [-0.25, -0.2) is 4.68 Å². The lowest BCUT2D eigenvalue weighted by Crippen LogP contribution is -2.34. The molecule has 0 saturated carbocycles. The summed E-state index contributed by atoms with van der Waals surface area (Å²) in [5.41, 5.74) is 1.77. The standard InChI is InChI=1S/C17H18N6OS/c24-17(22-9-1-3-15(22)16-4-2-10-25-16)11-18-13-5-7-14(8-6-13)23-12-19-20-21-23/h2,4-8,10,12,15,18H,1,3,9,11H2/t15-/m0/s1. The lowest BCUT2D eigenvalue weighted by atomic mass is 10.2. The summed E-state index contributed by atoms with van der Waals surface area (Å²) < 4.78 is 1.59. The van der Waals surface area contributed by atoms with Crippen LogP contribution < -0.4 is 5.32 Å². The van der Waals surface area contributed by atoms with Crippen LogP contribution in [0.25, 0.3) is 5.69 Å². The topological polar surface area (TPSA) is 75.9 Å². The number of carbonyl (C=O) groups is 1. The number of anilines is 1. The Bertz CT molecular complexity index is 815. The highest BCUT2D eigenvalue weighted by Crippen LogP contribution is 2.34. The molecule has 0 aliphatic carbocycles. The Kier molecular flexibility index (Phi) is 4.43. The van der Waals surface area contributed by atoms with Crippen LogP contribution in [-0.2, 0) is 4.79 Å². The first-order chi connectivity index (χ1) is 12.3. The molecule has 1 fully saturated rings. The zero-order chi connectivity index (χ0) is 17.1. The molecule has 0 bridgehead atoms. The second-order valence-electron chi connectivity index (χ2n) is 5.92. The Morgan fingerprint density at radius 3 is 2.88 bits per heavy atom. The maximum atomic E-state index is 12.6. The van der Waals surface area contributed by atoms with E-state index in [-0.39, 0.29) is 11.9 Å². The van der Waals surface area contributed by atoms with Crippen molar-refractivity contribution in [3.8, 4) is 5.69 Å². The van der Waals surface area contributed by atoms with Gasteiger partial charge < -0.3 is 10.2 Å². The predicted octanol–water partition coefficient (Wildman–Crippen LogP) is 2.50. The Morgan fingerprint density at radius 2 is 2.16 bits per heavy atom. The first-order valence-electron chi connectivity index (χ1n) is 8.21. The van der Waals surface area contributed by atoms with E-state index < -0.39 is 0 Å². The van der Waals surface area contributed by atoms with Gasteiger partial charge in [-0.2, -0.15) is 0 Å². The molecule has 1 atom stereocenters. The van der Waals surface area contributed by atoms with Crippen LogP contribution in [0.4, 0.5) is 5.69 Å². The van der Waals surface area contributed by atoms with Gasteiger partial charge in [0.25, 0.3) is 0 Å². The first-order valence-corrected chi connectivity index (χ1v) is 9.09. The quantitative estimate of drug-likeness (QED) is 0.762. The maximum Gasteiger partial charge on any atom is 0.242 e. The maximum absolute atomic E-state index is 12.6. The number of likely N-dealkylation sites (tertiary alicyclic amines) is 1. The number of nitrogens with zero attached hydrogens (tertiary/aromatic N) is 5. The third kappa shape index (κ3) is 3.39. The molecule has 25 heavy (non-hydrogen) atoms. The van der Waals surface area contributed by atoms with Crippen LogP contribution in [-0.4, -0.2) is 44.1 Å². The van der Waals surface area contributed by atoms with Crippen molar-refractivity contribution < 1.29 is 4.79 Å². The molecule has 1 aromatic carbocycles. The summed E-state index contributed by atoms with van der Waals surface area (Å²) >= 11 is 1.72. The molecule has 1 aliphatic heterocycles. The summed E-state index contributed by atoms with van der Waals surface area (Å²) in [6.45, 7) is 1.13. The van der Waals surface area contributed by atoms with Gasteiger partial charge in [-0.15, -0.1) is 16.4 Å². The molecule has 1 aliphatic rings. The Labute approximate surface area is 149 Å². The number of hydrogen-bond donors (Lipinski definition) is 1. The molecule has 1 amide bonds. The summed E-state index contributed by atoms with van der Waals surface area (Å²) in [7, 11) is 0. The summed E-state index contributed by atoms with van der Waals surface area (Å²) in [5, 5.41) is 16.4. The van der Waals surface area contributed by atoms with Crippen LogP contribution in [0.1, 0.15) is 23.8 Å². The van der Waals surface area contributed by atoms with E-state index in [1.54, 1.807) is 22.3 Å². The van der Waals surface area contributed by atoms with Gasteiger partial charge in [-0.05, 0) is 59.0 Å². The van der Waals surface area contributed by atoms with E-state index in [4.69, 9.17) is 0 Å². The van der Waals surface area contributed by atoms with E-state index in [0.29, 0.717) is 6.54 Å². The number of benzene rings is 1. The largest absolute Gasteiger partial charge is 0.376 e.